The third kappa shape index (κ3) is 2.91. The lowest BCUT2D eigenvalue weighted by Gasteiger charge is -2.17. The molecule has 3 heterocycles. The van der Waals surface area contributed by atoms with E-state index >= 15 is 0 Å². The normalized spacial score (nSPS) is 25.2. The monoisotopic (exact) mass is 292 g/mol. The third-order valence-electron chi connectivity index (χ3n) is 4.72. The standard InChI is InChI=1S/C16H24N2OS/c1-11-6-13(12(2)20-11)4-3-5-16(19)18-9-14-7-17-8-15(14)10-18/h6,14-15,17H,3-5,7-10H2,1-2H3/t14-,15+. The Balaban J connectivity index is 1.45. The summed E-state index contributed by atoms with van der Waals surface area (Å²) in [5, 5.41) is 3.42. The van der Waals surface area contributed by atoms with Gasteiger partial charge in [0.15, 0.2) is 0 Å². The number of amides is 1. The number of nitrogens with zero attached hydrogens (tertiary/aromatic N) is 1. The summed E-state index contributed by atoms with van der Waals surface area (Å²) in [5.41, 5.74) is 1.43. The van der Waals surface area contributed by atoms with Crippen molar-refractivity contribution in [3.63, 3.8) is 0 Å². The molecule has 2 aliphatic rings. The van der Waals surface area contributed by atoms with Crippen LogP contribution in [0.25, 0.3) is 0 Å². The Morgan fingerprint density at radius 2 is 2.05 bits per heavy atom. The molecule has 3 rings (SSSR count). The van der Waals surface area contributed by atoms with E-state index in [0.29, 0.717) is 24.2 Å². The van der Waals surface area contributed by atoms with Crippen LogP contribution in [0, 0.1) is 25.7 Å². The number of rotatable bonds is 4. The summed E-state index contributed by atoms with van der Waals surface area (Å²) in [6.07, 6.45) is 2.74. The fraction of sp³-hybridized carbons (Fsp3) is 0.688. The van der Waals surface area contributed by atoms with Crippen molar-refractivity contribution in [1.82, 2.24) is 10.2 Å². The van der Waals surface area contributed by atoms with Crippen molar-refractivity contribution in [3.05, 3.63) is 21.4 Å². The van der Waals surface area contributed by atoms with Gasteiger partial charge < -0.3 is 10.2 Å². The Labute approximate surface area is 125 Å². The van der Waals surface area contributed by atoms with Crippen LogP contribution in [0.4, 0.5) is 0 Å². The van der Waals surface area contributed by atoms with Crippen molar-refractivity contribution in [3.8, 4) is 0 Å². The van der Waals surface area contributed by atoms with Crippen molar-refractivity contribution in [2.24, 2.45) is 11.8 Å². The van der Waals surface area contributed by atoms with Crippen LogP contribution in [0.15, 0.2) is 6.07 Å². The zero-order chi connectivity index (χ0) is 14.1. The zero-order valence-corrected chi connectivity index (χ0v) is 13.3. The minimum Gasteiger partial charge on any atom is -0.342 e. The van der Waals surface area contributed by atoms with Gasteiger partial charge in [0.1, 0.15) is 0 Å². The molecule has 2 saturated heterocycles. The highest BCUT2D eigenvalue weighted by Crippen LogP contribution is 2.27. The SMILES string of the molecule is Cc1cc(CCCC(=O)N2C[C@H]3CNC[C@H]3C2)c(C)s1. The van der Waals surface area contributed by atoms with E-state index < -0.39 is 0 Å². The van der Waals surface area contributed by atoms with E-state index in [2.05, 4.69) is 30.1 Å². The van der Waals surface area contributed by atoms with E-state index in [1.54, 1.807) is 0 Å². The van der Waals surface area contributed by atoms with Crippen LogP contribution in [0.2, 0.25) is 0 Å². The van der Waals surface area contributed by atoms with Crippen molar-refractivity contribution >= 4 is 17.2 Å². The van der Waals surface area contributed by atoms with E-state index in [1.807, 2.05) is 11.3 Å². The highest BCUT2D eigenvalue weighted by atomic mass is 32.1. The average Bonchev–Trinajstić information content (AvgIpc) is 3.04. The second kappa shape index (κ2) is 5.86. The van der Waals surface area contributed by atoms with Crippen LogP contribution in [-0.2, 0) is 11.2 Å². The summed E-state index contributed by atoms with van der Waals surface area (Å²) >= 11 is 1.86. The smallest absolute Gasteiger partial charge is 0.222 e. The zero-order valence-electron chi connectivity index (χ0n) is 12.4. The average molecular weight is 292 g/mol. The molecule has 20 heavy (non-hydrogen) atoms. The van der Waals surface area contributed by atoms with Crippen LogP contribution in [0.3, 0.4) is 0 Å². The molecular formula is C16H24N2OS. The third-order valence-corrected chi connectivity index (χ3v) is 5.73. The van der Waals surface area contributed by atoms with Crippen LogP contribution >= 0.6 is 11.3 Å². The molecule has 0 unspecified atom stereocenters. The fourth-order valence-electron chi connectivity index (χ4n) is 3.58. The highest BCUT2D eigenvalue weighted by Gasteiger charge is 2.37. The van der Waals surface area contributed by atoms with E-state index in [1.165, 1.54) is 15.3 Å². The Morgan fingerprint density at radius 3 is 2.65 bits per heavy atom. The number of nitrogens with one attached hydrogen (secondary N) is 1. The summed E-state index contributed by atoms with van der Waals surface area (Å²) in [6, 6.07) is 2.27. The minimum absolute atomic E-state index is 0.365. The van der Waals surface area contributed by atoms with Crippen LogP contribution in [0.5, 0.6) is 0 Å². The summed E-state index contributed by atoms with van der Waals surface area (Å²) < 4.78 is 0. The molecule has 0 radical (unpaired) electrons. The number of hydrogen-bond donors (Lipinski definition) is 1. The number of likely N-dealkylation sites (tertiary alicyclic amines) is 1. The van der Waals surface area contributed by atoms with Gasteiger partial charge in [0, 0.05) is 42.4 Å². The molecule has 1 amide bonds. The molecule has 110 valence electrons. The molecule has 2 fully saturated rings. The van der Waals surface area contributed by atoms with Crippen LogP contribution in [-0.4, -0.2) is 37.0 Å². The number of carbonyl (C=O) groups excluding carboxylic acids is 1. The predicted molar refractivity (Wildman–Crippen MR) is 83.2 cm³/mol. The van der Waals surface area contributed by atoms with Gasteiger partial charge in [-0.1, -0.05) is 0 Å². The Bertz CT molecular complexity index is 485. The summed E-state index contributed by atoms with van der Waals surface area (Å²) in [6.45, 7) is 8.50. The van der Waals surface area contributed by atoms with Crippen molar-refractivity contribution in [1.29, 1.82) is 0 Å². The van der Waals surface area contributed by atoms with Gasteiger partial charge in [-0.2, -0.15) is 0 Å². The lowest BCUT2D eigenvalue weighted by Crippen LogP contribution is -2.31. The maximum Gasteiger partial charge on any atom is 0.222 e. The molecule has 0 aliphatic carbocycles. The molecule has 2 aliphatic heterocycles. The molecule has 0 aromatic carbocycles. The van der Waals surface area contributed by atoms with Gasteiger partial charge in [0.05, 0.1) is 0 Å². The highest BCUT2D eigenvalue weighted by molar-refractivity contribution is 7.12. The van der Waals surface area contributed by atoms with Gasteiger partial charge in [0.2, 0.25) is 5.91 Å². The number of aryl methyl sites for hydroxylation is 3. The molecule has 3 nitrogen and oxygen atoms in total. The molecule has 1 aromatic rings. The lowest BCUT2D eigenvalue weighted by atomic mass is 10.0. The largest absolute Gasteiger partial charge is 0.342 e. The van der Waals surface area contributed by atoms with Gasteiger partial charge in [0.25, 0.3) is 0 Å². The fourth-order valence-corrected chi connectivity index (χ4v) is 4.56. The van der Waals surface area contributed by atoms with Gasteiger partial charge in [-0.25, -0.2) is 0 Å². The molecule has 2 atom stereocenters. The van der Waals surface area contributed by atoms with Gasteiger partial charge in [-0.15, -0.1) is 11.3 Å². The first-order valence-corrected chi connectivity index (χ1v) is 8.49. The Hall–Kier alpha value is -0.870. The topological polar surface area (TPSA) is 32.3 Å². The number of carbonyl (C=O) groups is 1. The second-order valence-electron chi connectivity index (χ2n) is 6.27. The number of thiophene rings is 1. The predicted octanol–water partition coefficient (Wildman–Crippen LogP) is 2.37. The minimum atomic E-state index is 0.365. The maximum atomic E-state index is 12.3. The molecular weight excluding hydrogens is 268 g/mol. The second-order valence-corrected chi connectivity index (χ2v) is 7.73. The first-order valence-electron chi connectivity index (χ1n) is 7.68. The van der Waals surface area contributed by atoms with Crippen molar-refractivity contribution < 1.29 is 4.79 Å². The molecule has 1 aromatic heterocycles. The summed E-state index contributed by atoms with van der Waals surface area (Å²) in [5.74, 6) is 1.78. The van der Waals surface area contributed by atoms with E-state index in [0.717, 1.165) is 39.0 Å². The molecule has 0 bridgehead atoms. The Kier molecular flexibility index (Phi) is 4.13. The van der Waals surface area contributed by atoms with Crippen LogP contribution in [0.1, 0.15) is 28.2 Å². The summed E-state index contributed by atoms with van der Waals surface area (Å²) in [4.78, 5) is 17.2. The maximum absolute atomic E-state index is 12.3. The van der Waals surface area contributed by atoms with Crippen molar-refractivity contribution in [2.75, 3.05) is 26.2 Å². The van der Waals surface area contributed by atoms with Crippen LogP contribution < -0.4 is 5.32 Å². The molecule has 0 spiro atoms. The number of hydrogen-bond acceptors (Lipinski definition) is 3. The Morgan fingerprint density at radius 1 is 1.35 bits per heavy atom. The van der Waals surface area contributed by atoms with Crippen molar-refractivity contribution in [2.45, 2.75) is 33.1 Å². The first-order chi connectivity index (χ1) is 9.63. The van der Waals surface area contributed by atoms with E-state index in [9.17, 15) is 4.79 Å². The number of fused-ring (bicyclic) bond motifs is 1. The molecule has 4 heteroatoms. The quantitative estimate of drug-likeness (QED) is 0.924. The van der Waals surface area contributed by atoms with Gasteiger partial charge in [-0.05, 0) is 50.2 Å². The van der Waals surface area contributed by atoms with E-state index in [-0.39, 0.29) is 0 Å². The lowest BCUT2D eigenvalue weighted by molar-refractivity contribution is -0.130. The van der Waals surface area contributed by atoms with Gasteiger partial charge in [-0.3, -0.25) is 4.79 Å². The summed E-state index contributed by atoms with van der Waals surface area (Å²) in [7, 11) is 0. The van der Waals surface area contributed by atoms with Gasteiger partial charge >= 0.3 is 0 Å². The molecule has 1 N–H and O–H groups in total. The molecule has 0 saturated carbocycles. The first kappa shape index (κ1) is 14.1. The van der Waals surface area contributed by atoms with E-state index in [4.69, 9.17) is 0 Å².